The Hall–Kier alpha value is -2.44. The molecule has 0 bridgehead atoms. The number of hydrogen-bond acceptors (Lipinski definition) is 4. The lowest BCUT2D eigenvalue weighted by atomic mass is 10.2. The number of nitrogens with one attached hydrogen (secondary N) is 2. The van der Waals surface area contributed by atoms with Gasteiger partial charge in [0.05, 0.1) is 13.7 Å². The maximum atomic E-state index is 11.6. The molecule has 0 heterocycles. The summed E-state index contributed by atoms with van der Waals surface area (Å²) in [6, 6.07) is 5.11. The van der Waals surface area contributed by atoms with Gasteiger partial charge in [0.2, 0.25) is 0 Å². The molecule has 2 amide bonds. The van der Waals surface area contributed by atoms with Gasteiger partial charge in [0.15, 0.2) is 11.5 Å². The molecule has 0 unspecified atom stereocenters. The van der Waals surface area contributed by atoms with Crippen molar-refractivity contribution in [1.82, 2.24) is 10.6 Å². The highest BCUT2D eigenvalue weighted by Gasteiger charge is 2.06. The van der Waals surface area contributed by atoms with E-state index in [2.05, 4.69) is 10.6 Å². The Balaban J connectivity index is 2.40. The average molecular weight is 310 g/mol. The first-order chi connectivity index (χ1) is 10.6. The van der Waals surface area contributed by atoms with Crippen LogP contribution in [-0.2, 0) is 11.3 Å². The van der Waals surface area contributed by atoms with Gasteiger partial charge in [-0.05, 0) is 31.0 Å². The highest BCUT2D eigenvalue weighted by Crippen LogP contribution is 2.27. The maximum absolute atomic E-state index is 11.6. The normalized spacial score (nSPS) is 9.91. The summed E-state index contributed by atoms with van der Waals surface area (Å²) in [5.74, 6) is 0.401. The van der Waals surface area contributed by atoms with E-state index in [0.29, 0.717) is 37.6 Å². The van der Waals surface area contributed by atoms with Crippen molar-refractivity contribution in [2.24, 2.45) is 0 Å². The third-order valence-electron chi connectivity index (χ3n) is 2.83. The van der Waals surface area contributed by atoms with Gasteiger partial charge in [-0.3, -0.25) is 4.79 Å². The molecule has 0 saturated heterocycles. The Kier molecular flexibility index (Phi) is 7.60. The van der Waals surface area contributed by atoms with Crippen molar-refractivity contribution in [2.45, 2.75) is 26.3 Å². The largest absolute Gasteiger partial charge is 0.493 e. The summed E-state index contributed by atoms with van der Waals surface area (Å²) in [6.45, 7) is 3.11. The number of urea groups is 1. The summed E-state index contributed by atoms with van der Waals surface area (Å²) in [7, 11) is 1.56. The van der Waals surface area contributed by atoms with E-state index in [4.69, 9.17) is 14.6 Å². The van der Waals surface area contributed by atoms with Crippen LogP contribution >= 0.6 is 0 Å². The molecular formula is C15H22N2O5. The number of aliphatic carboxylic acids is 1. The Morgan fingerprint density at radius 3 is 2.64 bits per heavy atom. The Labute approximate surface area is 129 Å². The quantitative estimate of drug-likeness (QED) is 0.604. The van der Waals surface area contributed by atoms with Crippen LogP contribution < -0.4 is 20.1 Å². The van der Waals surface area contributed by atoms with Gasteiger partial charge in [-0.2, -0.15) is 0 Å². The Bertz CT molecular complexity index is 505. The van der Waals surface area contributed by atoms with Crippen LogP contribution in [0.1, 0.15) is 25.3 Å². The van der Waals surface area contributed by atoms with Crippen molar-refractivity contribution in [3.8, 4) is 11.5 Å². The molecule has 0 aliphatic carbocycles. The molecule has 0 aliphatic rings. The van der Waals surface area contributed by atoms with Gasteiger partial charge >= 0.3 is 12.0 Å². The van der Waals surface area contributed by atoms with E-state index >= 15 is 0 Å². The second-order valence-electron chi connectivity index (χ2n) is 4.52. The standard InChI is InChI=1S/C15H22N2O5/c1-3-22-12-7-6-11(9-13(12)21-2)10-17-15(20)16-8-4-5-14(18)19/h6-7,9H,3-5,8,10H2,1-2H3,(H,18,19)(H2,16,17,20). The van der Waals surface area contributed by atoms with Crippen molar-refractivity contribution in [3.63, 3.8) is 0 Å². The highest BCUT2D eigenvalue weighted by atomic mass is 16.5. The van der Waals surface area contributed by atoms with Crippen molar-refractivity contribution < 1.29 is 24.2 Å². The zero-order valence-electron chi connectivity index (χ0n) is 12.8. The fraction of sp³-hybridized carbons (Fsp3) is 0.467. The van der Waals surface area contributed by atoms with Gasteiger partial charge in [0.25, 0.3) is 0 Å². The number of rotatable bonds is 9. The smallest absolute Gasteiger partial charge is 0.315 e. The van der Waals surface area contributed by atoms with Gasteiger partial charge in [-0.25, -0.2) is 4.79 Å². The minimum absolute atomic E-state index is 0.0381. The minimum Gasteiger partial charge on any atom is -0.493 e. The zero-order valence-corrected chi connectivity index (χ0v) is 12.8. The van der Waals surface area contributed by atoms with Gasteiger partial charge < -0.3 is 25.2 Å². The predicted octanol–water partition coefficient (Wildman–Crippen LogP) is 1.76. The van der Waals surface area contributed by atoms with Crippen molar-refractivity contribution in [2.75, 3.05) is 20.3 Å². The molecule has 1 rings (SSSR count). The second kappa shape index (κ2) is 9.49. The first kappa shape index (κ1) is 17.6. The summed E-state index contributed by atoms with van der Waals surface area (Å²) >= 11 is 0. The topological polar surface area (TPSA) is 96.9 Å². The van der Waals surface area contributed by atoms with Crippen molar-refractivity contribution in [1.29, 1.82) is 0 Å². The maximum Gasteiger partial charge on any atom is 0.315 e. The molecule has 7 heteroatoms. The van der Waals surface area contributed by atoms with Crippen LogP contribution in [-0.4, -0.2) is 37.4 Å². The lowest BCUT2D eigenvalue weighted by Gasteiger charge is -2.12. The lowest BCUT2D eigenvalue weighted by Crippen LogP contribution is -2.35. The van der Waals surface area contributed by atoms with Gasteiger partial charge in [-0.1, -0.05) is 6.07 Å². The molecule has 122 valence electrons. The van der Waals surface area contributed by atoms with E-state index in [9.17, 15) is 9.59 Å². The van der Waals surface area contributed by atoms with Crippen LogP contribution in [0.25, 0.3) is 0 Å². The van der Waals surface area contributed by atoms with Crippen LogP contribution in [0.3, 0.4) is 0 Å². The van der Waals surface area contributed by atoms with Crippen molar-refractivity contribution >= 4 is 12.0 Å². The van der Waals surface area contributed by atoms with E-state index in [1.165, 1.54) is 0 Å². The number of carboxylic acids is 1. The molecule has 0 atom stereocenters. The number of carbonyl (C=O) groups excluding carboxylic acids is 1. The molecule has 7 nitrogen and oxygen atoms in total. The van der Waals surface area contributed by atoms with Crippen LogP contribution in [0.4, 0.5) is 4.79 Å². The van der Waals surface area contributed by atoms with E-state index < -0.39 is 5.97 Å². The Morgan fingerprint density at radius 2 is 2.00 bits per heavy atom. The minimum atomic E-state index is -0.872. The molecule has 1 aromatic rings. The Morgan fingerprint density at radius 1 is 1.23 bits per heavy atom. The van der Waals surface area contributed by atoms with Crippen LogP contribution in [0.15, 0.2) is 18.2 Å². The van der Waals surface area contributed by atoms with E-state index in [0.717, 1.165) is 5.56 Å². The molecule has 0 radical (unpaired) electrons. The monoisotopic (exact) mass is 310 g/mol. The second-order valence-corrected chi connectivity index (χ2v) is 4.52. The first-order valence-electron chi connectivity index (χ1n) is 7.10. The fourth-order valence-electron chi connectivity index (χ4n) is 1.78. The number of carboxylic acid groups (broad SMARTS) is 1. The van der Waals surface area contributed by atoms with Gasteiger partial charge in [-0.15, -0.1) is 0 Å². The van der Waals surface area contributed by atoms with Gasteiger partial charge in [0.1, 0.15) is 0 Å². The van der Waals surface area contributed by atoms with E-state index in [1.54, 1.807) is 19.2 Å². The fourth-order valence-corrected chi connectivity index (χ4v) is 1.78. The SMILES string of the molecule is CCOc1ccc(CNC(=O)NCCCC(=O)O)cc1OC. The predicted molar refractivity (Wildman–Crippen MR) is 81.3 cm³/mol. The molecule has 0 fully saturated rings. The lowest BCUT2D eigenvalue weighted by molar-refractivity contribution is -0.137. The van der Waals surface area contributed by atoms with Crippen LogP contribution in [0, 0.1) is 0 Å². The number of amides is 2. The summed E-state index contributed by atoms with van der Waals surface area (Å²) in [5, 5.41) is 13.8. The molecular weight excluding hydrogens is 288 g/mol. The molecule has 0 spiro atoms. The summed E-state index contributed by atoms with van der Waals surface area (Å²) in [6.07, 6.45) is 0.440. The molecule has 3 N–H and O–H groups in total. The van der Waals surface area contributed by atoms with Gasteiger partial charge in [0, 0.05) is 19.5 Å². The summed E-state index contributed by atoms with van der Waals surface area (Å²) < 4.78 is 10.7. The molecule has 22 heavy (non-hydrogen) atoms. The van der Waals surface area contributed by atoms with Crippen LogP contribution in [0.5, 0.6) is 11.5 Å². The van der Waals surface area contributed by atoms with Crippen LogP contribution in [0.2, 0.25) is 0 Å². The highest BCUT2D eigenvalue weighted by molar-refractivity contribution is 5.74. The van der Waals surface area contributed by atoms with E-state index in [1.807, 2.05) is 13.0 Å². The van der Waals surface area contributed by atoms with Crippen molar-refractivity contribution in [3.05, 3.63) is 23.8 Å². The average Bonchev–Trinajstić information content (AvgIpc) is 2.50. The number of methoxy groups -OCH3 is 1. The summed E-state index contributed by atoms with van der Waals surface area (Å²) in [5.41, 5.74) is 0.876. The number of ether oxygens (including phenoxy) is 2. The first-order valence-corrected chi connectivity index (χ1v) is 7.10. The summed E-state index contributed by atoms with van der Waals surface area (Å²) in [4.78, 5) is 21.9. The molecule has 0 saturated carbocycles. The number of hydrogen-bond donors (Lipinski definition) is 3. The number of benzene rings is 1. The molecule has 0 aliphatic heterocycles. The third-order valence-corrected chi connectivity index (χ3v) is 2.83. The van der Waals surface area contributed by atoms with E-state index in [-0.39, 0.29) is 12.5 Å². The molecule has 0 aromatic heterocycles. The zero-order chi connectivity index (χ0) is 16.4. The number of carbonyl (C=O) groups is 2. The third kappa shape index (κ3) is 6.34. The molecule has 1 aromatic carbocycles.